The summed E-state index contributed by atoms with van der Waals surface area (Å²) in [6, 6.07) is 13.7. The molecule has 0 saturated heterocycles. The molecule has 0 radical (unpaired) electrons. The van der Waals surface area contributed by atoms with Gasteiger partial charge >= 0.3 is 0 Å². The molecule has 0 aliphatic rings. The van der Waals surface area contributed by atoms with Gasteiger partial charge in [-0.3, -0.25) is 9.78 Å². The van der Waals surface area contributed by atoms with Crippen LogP contribution in [0.1, 0.15) is 49.9 Å². The Morgan fingerprint density at radius 2 is 1.73 bits per heavy atom. The lowest BCUT2D eigenvalue weighted by atomic mass is 10.0. The summed E-state index contributed by atoms with van der Waals surface area (Å²) in [5, 5.41) is 3.18. The van der Waals surface area contributed by atoms with Crippen LogP contribution < -0.4 is 5.32 Å². The lowest BCUT2D eigenvalue weighted by Gasteiger charge is -2.18. The molecule has 3 nitrogen and oxygen atoms in total. The fourth-order valence-electron chi connectivity index (χ4n) is 2.68. The highest BCUT2D eigenvalue weighted by molar-refractivity contribution is 6.00. The van der Waals surface area contributed by atoms with Crippen molar-refractivity contribution in [2.45, 2.75) is 45.6 Å². The molecule has 116 valence electrons. The van der Waals surface area contributed by atoms with E-state index >= 15 is 0 Å². The molecule has 1 N–H and O–H groups in total. The number of aromatic nitrogens is 1. The molecule has 2 rings (SSSR count). The molecule has 1 aromatic heterocycles. The molecule has 0 fully saturated rings. The Labute approximate surface area is 132 Å². The van der Waals surface area contributed by atoms with Gasteiger partial charge in [-0.2, -0.15) is 0 Å². The van der Waals surface area contributed by atoms with E-state index < -0.39 is 0 Å². The first kappa shape index (κ1) is 16.2. The average Bonchev–Trinajstić information content (AvgIpc) is 2.56. The highest BCUT2D eigenvalue weighted by atomic mass is 16.1. The zero-order chi connectivity index (χ0) is 15.8. The molecule has 2 aromatic rings. The van der Waals surface area contributed by atoms with Gasteiger partial charge in [0.1, 0.15) is 0 Å². The van der Waals surface area contributed by atoms with Crippen molar-refractivity contribution in [3.8, 4) is 11.3 Å². The highest BCUT2D eigenvalue weighted by Gasteiger charge is 2.16. The first-order valence-corrected chi connectivity index (χ1v) is 8.07. The maximum absolute atomic E-state index is 12.7. The average molecular weight is 296 g/mol. The molecule has 1 heterocycles. The van der Waals surface area contributed by atoms with Crippen molar-refractivity contribution in [1.82, 2.24) is 10.3 Å². The van der Waals surface area contributed by atoms with Crippen LogP contribution in [0.3, 0.4) is 0 Å². The van der Waals surface area contributed by atoms with Gasteiger partial charge in [0.15, 0.2) is 0 Å². The molecular formula is C19H24N2O. The maximum atomic E-state index is 12.7. The lowest BCUT2D eigenvalue weighted by Crippen LogP contribution is -2.35. The number of carbonyl (C=O) groups is 1. The van der Waals surface area contributed by atoms with Gasteiger partial charge in [0.05, 0.1) is 5.69 Å². The second-order valence-electron chi connectivity index (χ2n) is 5.51. The van der Waals surface area contributed by atoms with Gasteiger partial charge in [0, 0.05) is 23.4 Å². The van der Waals surface area contributed by atoms with E-state index in [1.807, 2.05) is 42.5 Å². The van der Waals surface area contributed by atoms with Crippen LogP contribution in [0.2, 0.25) is 0 Å². The summed E-state index contributed by atoms with van der Waals surface area (Å²) >= 11 is 0. The molecule has 22 heavy (non-hydrogen) atoms. The number of benzene rings is 1. The highest BCUT2D eigenvalue weighted by Crippen LogP contribution is 2.21. The normalized spacial score (nSPS) is 10.7. The van der Waals surface area contributed by atoms with Crippen molar-refractivity contribution >= 4 is 5.91 Å². The van der Waals surface area contributed by atoms with Crippen LogP contribution in [0, 0.1) is 0 Å². The van der Waals surface area contributed by atoms with Crippen LogP contribution in [-0.4, -0.2) is 16.9 Å². The monoisotopic (exact) mass is 296 g/mol. The molecule has 0 bridgehead atoms. The minimum absolute atomic E-state index is 0.00634. The summed E-state index contributed by atoms with van der Waals surface area (Å²) in [4.78, 5) is 17.0. The number of hydrogen-bond donors (Lipinski definition) is 1. The van der Waals surface area contributed by atoms with Crippen LogP contribution in [0.4, 0.5) is 0 Å². The van der Waals surface area contributed by atoms with Crippen molar-refractivity contribution in [2.75, 3.05) is 0 Å². The summed E-state index contributed by atoms with van der Waals surface area (Å²) in [5.74, 6) is -0.00634. The van der Waals surface area contributed by atoms with Crippen molar-refractivity contribution in [1.29, 1.82) is 0 Å². The van der Waals surface area contributed by atoms with Crippen LogP contribution in [0.5, 0.6) is 0 Å². The standard InChI is InChI=1S/C19H24N2O/c1-3-9-15(10-4-2)21-19(22)17-12-6-5-11-16(17)18-13-7-8-14-20-18/h5-8,11-15H,3-4,9-10H2,1-2H3,(H,21,22). The van der Waals surface area contributed by atoms with Crippen LogP contribution in [-0.2, 0) is 0 Å². The van der Waals surface area contributed by atoms with Crippen LogP contribution in [0.15, 0.2) is 48.7 Å². The predicted octanol–water partition coefficient (Wildman–Crippen LogP) is 4.45. The number of carbonyl (C=O) groups excluding carboxylic acids is 1. The molecule has 1 aromatic carbocycles. The largest absolute Gasteiger partial charge is 0.349 e. The van der Waals surface area contributed by atoms with Crippen LogP contribution >= 0.6 is 0 Å². The predicted molar refractivity (Wildman–Crippen MR) is 90.7 cm³/mol. The van der Waals surface area contributed by atoms with E-state index in [2.05, 4.69) is 24.1 Å². The summed E-state index contributed by atoms with van der Waals surface area (Å²) in [6.07, 6.45) is 5.94. The number of pyridine rings is 1. The molecule has 0 unspecified atom stereocenters. The summed E-state index contributed by atoms with van der Waals surface area (Å²) < 4.78 is 0. The lowest BCUT2D eigenvalue weighted by molar-refractivity contribution is 0.0933. The molecule has 0 aliphatic carbocycles. The second kappa shape index (κ2) is 8.32. The van der Waals surface area contributed by atoms with Gasteiger partial charge in [-0.15, -0.1) is 0 Å². The topological polar surface area (TPSA) is 42.0 Å². The summed E-state index contributed by atoms with van der Waals surface area (Å²) in [6.45, 7) is 4.30. The zero-order valence-electron chi connectivity index (χ0n) is 13.4. The van der Waals surface area contributed by atoms with Crippen LogP contribution in [0.25, 0.3) is 11.3 Å². The van der Waals surface area contributed by atoms with E-state index in [0.29, 0.717) is 5.56 Å². The second-order valence-corrected chi connectivity index (χ2v) is 5.51. The van der Waals surface area contributed by atoms with E-state index in [1.54, 1.807) is 6.20 Å². The molecule has 0 saturated carbocycles. The number of hydrogen-bond acceptors (Lipinski definition) is 2. The van der Waals surface area contributed by atoms with Gasteiger partial charge in [0.2, 0.25) is 0 Å². The van der Waals surface area contributed by atoms with E-state index in [4.69, 9.17) is 0 Å². The minimum atomic E-state index is -0.00634. The van der Waals surface area contributed by atoms with Gasteiger partial charge in [-0.05, 0) is 31.0 Å². The number of nitrogens with zero attached hydrogens (tertiary/aromatic N) is 1. The van der Waals surface area contributed by atoms with Crippen molar-refractivity contribution in [3.63, 3.8) is 0 Å². The minimum Gasteiger partial charge on any atom is -0.349 e. The Balaban J connectivity index is 2.23. The maximum Gasteiger partial charge on any atom is 0.252 e. The van der Waals surface area contributed by atoms with E-state index in [0.717, 1.165) is 36.9 Å². The first-order valence-electron chi connectivity index (χ1n) is 8.07. The fraction of sp³-hybridized carbons (Fsp3) is 0.368. The molecule has 0 spiro atoms. The molecule has 1 amide bonds. The van der Waals surface area contributed by atoms with Gasteiger partial charge < -0.3 is 5.32 Å². The molecule has 0 aliphatic heterocycles. The summed E-state index contributed by atoms with van der Waals surface area (Å²) in [7, 11) is 0. The molecular weight excluding hydrogens is 272 g/mol. The number of amides is 1. The quantitative estimate of drug-likeness (QED) is 0.820. The third-order valence-electron chi connectivity index (χ3n) is 3.72. The van der Waals surface area contributed by atoms with E-state index in [1.165, 1.54) is 0 Å². The fourth-order valence-corrected chi connectivity index (χ4v) is 2.68. The Kier molecular flexibility index (Phi) is 6.13. The van der Waals surface area contributed by atoms with Gasteiger partial charge in [0.25, 0.3) is 5.91 Å². The molecule has 0 atom stereocenters. The molecule has 3 heteroatoms. The Morgan fingerprint density at radius 3 is 2.36 bits per heavy atom. The van der Waals surface area contributed by atoms with Gasteiger partial charge in [-0.25, -0.2) is 0 Å². The number of nitrogens with one attached hydrogen (secondary N) is 1. The van der Waals surface area contributed by atoms with Gasteiger partial charge in [-0.1, -0.05) is 51.0 Å². The van der Waals surface area contributed by atoms with E-state index in [-0.39, 0.29) is 11.9 Å². The first-order chi connectivity index (χ1) is 10.8. The Bertz CT molecular complexity index is 589. The van der Waals surface area contributed by atoms with Crippen molar-refractivity contribution in [3.05, 3.63) is 54.2 Å². The summed E-state index contributed by atoms with van der Waals surface area (Å²) in [5.41, 5.74) is 2.40. The number of rotatable bonds is 7. The zero-order valence-corrected chi connectivity index (χ0v) is 13.4. The Morgan fingerprint density at radius 1 is 1.05 bits per heavy atom. The van der Waals surface area contributed by atoms with Crippen molar-refractivity contribution in [2.24, 2.45) is 0 Å². The Hall–Kier alpha value is -2.16. The van der Waals surface area contributed by atoms with E-state index in [9.17, 15) is 4.79 Å². The van der Waals surface area contributed by atoms with Crippen molar-refractivity contribution < 1.29 is 4.79 Å². The third kappa shape index (κ3) is 4.17. The third-order valence-corrected chi connectivity index (χ3v) is 3.72. The SMILES string of the molecule is CCCC(CCC)NC(=O)c1ccccc1-c1ccccn1. The smallest absolute Gasteiger partial charge is 0.252 e.